The highest BCUT2D eigenvalue weighted by molar-refractivity contribution is 5.83. The van der Waals surface area contributed by atoms with Crippen molar-refractivity contribution >= 4 is 11.9 Å². The Labute approximate surface area is 154 Å². The van der Waals surface area contributed by atoms with Crippen molar-refractivity contribution in [2.75, 3.05) is 26.8 Å². The molecule has 0 spiro atoms. The van der Waals surface area contributed by atoms with Gasteiger partial charge in [-0.3, -0.25) is 9.59 Å². The molecule has 27 heavy (non-hydrogen) atoms. The first-order valence-corrected chi connectivity index (χ1v) is 8.45. The molecule has 9 heteroatoms. The van der Waals surface area contributed by atoms with Crippen molar-refractivity contribution in [3.63, 3.8) is 0 Å². The van der Waals surface area contributed by atoms with E-state index >= 15 is 0 Å². The summed E-state index contributed by atoms with van der Waals surface area (Å²) in [5.41, 5.74) is -2.20. The van der Waals surface area contributed by atoms with E-state index in [1.165, 1.54) is 31.1 Å². The molecular formula is C18H22F3NO5. The molecule has 2 unspecified atom stereocenters. The van der Waals surface area contributed by atoms with Crippen molar-refractivity contribution in [1.29, 1.82) is 0 Å². The molecule has 0 aromatic heterocycles. The van der Waals surface area contributed by atoms with Gasteiger partial charge < -0.3 is 19.5 Å². The van der Waals surface area contributed by atoms with Gasteiger partial charge in [0.25, 0.3) is 5.91 Å². The number of hydrogen-bond donors (Lipinski definition) is 1. The Kier molecular flexibility index (Phi) is 6.35. The highest BCUT2D eigenvalue weighted by atomic mass is 19.4. The van der Waals surface area contributed by atoms with Gasteiger partial charge in [0.2, 0.25) is 0 Å². The maximum atomic E-state index is 13.1. The van der Waals surface area contributed by atoms with E-state index < -0.39 is 40.9 Å². The van der Waals surface area contributed by atoms with Gasteiger partial charge in [0.1, 0.15) is 11.2 Å². The lowest BCUT2D eigenvalue weighted by Gasteiger charge is -2.40. The van der Waals surface area contributed by atoms with Gasteiger partial charge in [0.15, 0.2) is 6.10 Å². The molecule has 2 atom stereocenters. The zero-order valence-electron chi connectivity index (χ0n) is 15.1. The summed E-state index contributed by atoms with van der Waals surface area (Å²) in [6.45, 7) is 1.52. The maximum absolute atomic E-state index is 13.1. The molecule has 1 aromatic carbocycles. The number of halogens is 3. The van der Waals surface area contributed by atoms with E-state index in [0.717, 1.165) is 12.1 Å². The third-order valence-corrected chi connectivity index (χ3v) is 4.61. The number of amides is 1. The zero-order chi connectivity index (χ0) is 20.2. The summed E-state index contributed by atoms with van der Waals surface area (Å²) in [6, 6.07) is 4.65. The quantitative estimate of drug-likeness (QED) is 0.810. The number of carbonyl (C=O) groups is 2. The molecule has 2 rings (SSSR count). The lowest BCUT2D eigenvalue weighted by molar-refractivity contribution is -0.161. The lowest BCUT2D eigenvalue weighted by atomic mass is 9.80. The molecule has 1 aliphatic rings. The summed E-state index contributed by atoms with van der Waals surface area (Å²) in [5, 5.41) is 9.54. The van der Waals surface area contributed by atoms with Crippen LogP contribution in [0.4, 0.5) is 13.2 Å². The number of carbonyl (C=O) groups excluding carboxylic acids is 1. The molecule has 0 saturated carbocycles. The number of rotatable bonds is 6. The van der Waals surface area contributed by atoms with E-state index in [4.69, 9.17) is 9.47 Å². The molecule has 1 N–H and O–H groups in total. The molecule has 0 bridgehead atoms. The van der Waals surface area contributed by atoms with E-state index in [-0.39, 0.29) is 13.2 Å². The minimum absolute atomic E-state index is 0.0573. The summed E-state index contributed by atoms with van der Waals surface area (Å²) >= 11 is 0. The second-order valence-corrected chi connectivity index (χ2v) is 6.64. The summed E-state index contributed by atoms with van der Waals surface area (Å²) in [7, 11) is 1.38. The van der Waals surface area contributed by atoms with Gasteiger partial charge in [-0.15, -0.1) is 0 Å². The summed E-state index contributed by atoms with van der Waals surface area (Å²) in [5.74, 6) is -2.07. The fourth-order valence-corrected chi connectivity index (χ4v) is 3.25. The number of nitrogens with zero attached hydrogens (tertiary/aromatic N) is 1. The molecular weight excluding hydrogens is 367 g/mol. The van der Waals surface area contributed by atoms with Gasteiger partial charge in [0.05, 0.1) is 12.2 Å². The van der Waals surface area contributed by atoms with Gasteiger partial charge in [-0.25, -0.2) is 0 Å². The number of hydrogen-bond acceptors (Lipinski definition) is 4. The van der Waals surface area contributed by atoms with E-state index in [0.29, 0.717) is 19.4 Å². The SMILES string of the molecule is COCC1(C(=O)O)CCCN(C(=O)C(C)Oc2ccccc2C(F)(F)F)C1. The van der Waals surface area contributed by atoms with Crippen molar-refractivity contribution in [1.82, 2.24) is 4.90 Å². The van der Waals surface area contributed by atoms with E-state index in [1.54, 1.807) is 0 Å². The number of carboxylic acids is 1. The van der Waals surface area contributed by atoms with Gasteiger partial charge in [-0.2, -0.15) is 13.2 Å². The second kappa shape index (κ2) is 8.16. The lowest BCUT2D eigenvalue weighted by Crippen LogP contribution is -2.54. The smallest absolute Gasteiger partial charge is 0.419 e. The van der Waals surface area contributed by atoms with Crippen molar-refractivity contribution < 1.29 is 37.3 Å². The molecule has 1 amide bonds. The van der Waals surface area contributed by atoms with Crippen molar-refractivity contribution in [2.24, 2.45) is 5.41 Å². The Morgan fingerprint density at radius 3 is 2.59 bits per heavy atom. The number of benzene rings is 1. The Morgan fingerprint density at radius 1 is 1.33 bits per heavy atom. The molecule has 1 fully saturated rings. The predicted molar refractivity (Wildman–Crippen MR) is 89.3 cm³/mol. The highest BCUT2D eigenvalue weighted by Crippen LogP contribution is 2.37. The van der Waals surface area contributed by atoms with Crippen LogP contribution in [0.2, 0.25) is 0 Å². The second-order valence-electron chi connectivity index (χ2n) is 6.64. The Hall–Kier alpha value is -2.29. The van der Waals surface area contributed by atoms with E-state index in [9.17, 15) is 27.9 Å². The Balaban J connectivity index is 2.15. The Morgan fingerprint density at radius 2 is 2.00 bits per heavy atom. The van der Waals surface area contributed by atoms with Crippen LogP contribution in [0, 0.1) is 5.41 Å². The van der Waals surface area contributed by atoms with Gasteiger partial charge in [0, 0.05) is 20.2 Å². The summed E-state index contributed by atoms with van der Waals surface area (Å²) in [4.78, 5) is 25.7. The summed E-state index contributed by atoms with van der Waals surface area (Å²) < 4.78 is 49.5. The molecule has 1 saturated heterocycles. The standard InChI is InChI=1S/C18H22F3NO5/c1-12(27-14-7-4-3-6-13(14)18(19,20)21)15(23)22-9-5-8-17(10-22,11-26-2)16(24)25/h3-4,6-7,12H,5,8-11H2,1-2H3,(H,24,25). The average molecular weight is 389 g/mol. The van der Waals surface area contributed by atoms with Crippen LogP contribution in [0.3, 0.4) is 0 Å². The molecule has 0 aliphatic carbocycles. The fraction of sp³-hybridized carbons (Fsp3) is 0.556. The largest absolute Gasteiger partial charge is 0.481 e. The van der Waals surface area contributed by atoms with Gasteiger partial charge >= 0.3 is 12.1 Å². The van der Waals surface area contributed by atoms with Crippen molar-refractivity contribution in [2.45, 2.75) is 32.0 Å². The topological polar surface area (TPSA) is 76.1 Å². The Bertz CT molecular complexity index is 690. The number of ether oxygens (including phenoxy) is 2. The minimum Gasteiger partial charge on any atom is -0.481 e. The fourth-order valence-electron chi connectivity index (χ4n) is 3.25. The third kappa shape index (κ3) is 4.71. The predicted octanol–water partition coefficient (Wildman–Crippen LogP) is 2.81. The zero-order valence-corrected chi connectivity index (χ0v) is 15.1. The molecule has 0 radical (unpaired) electrons. The number of aliphatic carboxylic acids is 1. The van der Waals surface area contributed by atoms with Crippen LogP contribution in [0.15, 0.2) is 24.3 Å². The number of piperidine rings is 1. The number of carboxylic acid groups (broad SMARTS) is 1. The molecule has 150 valence electrons. The highest BCUT2D eigenvalue weighted by Gasteiger charge is 2.44. The van der Waals surface area contributed by atoms with Crippen LogP contribution < -0.4 is 4.74 Å². The van der Waals surface area contributed by atoms with Crippen LogP contribution in [0.5, 0.6) is 5.75 Å². The first-order chi connectivity index (χ1) is 12.6. The van der Waals surface area contributed by atoms with Crippen LogP contribution in [-0.4, -0.2) is 54.8 Å². The maximum Gasteiger partial charge on any atom is 0.419 e. The van der Waals surface area contributed by atoms with E-state index in [1.807, 2.05) is 0 Å². The third-order valence-electron chi connectivity index (χ3n) is 4.61. The van der Waals surface area contributed by atoms with E-state index in [2.05, 4.69) is 0 Å². The van der Waals surface area contributed by atoms with Crippen molar-refractivity contribution in [3.05, 3.63) is 29.8 Å². The van der Waals surface area contributed by atoms with Gasteiger partial charge in [-0.1, -0.05) is 12.1 Å². The van der Waals surface area contributed by atoms with Crippen LogP contribution in [-0.2, 0) is 20.5 Å². The van der Waals surface area contributed by atoms with Crippen LogP contribution in [0.25, 0.3) is 0 Å². The van der Waals surface area contributed by atoms with Crippen molar-refractivity contribution in [3.8, 4) is 5.75 Å². The van der Waals surface area contributed by atoms with Gasteiger partial charge in [-0.05, 0) is 31.9 Å². The molecule has 6 nitrogen and oxygen atoms in total. The monoisotopic (exact) mass is 389 g/mol. The minimum atomic E-state index is -4.61. The number of para-hydroxylation sites is 1. The molecule has 1 aromatic rings. The number of alkyl halides is 3. The molecule has 1 aliphatic heterocycles. The first-order valence-electron chi connectivity index (χ1n) is 8.45. The van der Waals surface area contributed by atoms with Crippen LogP contribution in [0.1, 0.15) is 25.3 Å². The first kappa shape index (κ1) is 21.0. The number of methoxy groups -OCH3 is 1. The molecule has 1 heterocycles. The van der Waals surface area contributed by atoms with Crippen LogP contribution >= 0.6 is 0 Å². The normalized spacial score (nSPS) is 21.6. The number of likely N-dealkylation sites (tertiary alicyclic amines) is 1. The summed E-state index contributed by atoms with van der Waals surface area (Å²) in [6.07, 6.45) is -5.00. The average Bonchev–Trinajstić information content (AvgIpc) is 2.61.